The zero-order chi connectivity index (χ0) is 27.0. The Morgan fingerprint density at radius 2 is 1.92 bits per heavy atom. The molecule has 0 aliphatic rings. The predicted molar refractivity (Wildman–Crippen MR) is 141 cm³/mol. The van der Waals surface area contributed by atoms with E-state index in [4.69, 9.17) is 16.3 Å². The van der Waals surface area contributed by atoms with Gasteiger partial charge < -0.3 is 24.6 Å². The lowest BCUT2D eigenvalue weighted by molar-refractivity contribution is -0.116. The smallest absolute Gasteiger partial charge is 0.410 e. The number of aromatic nitrogens is 2. The lowest BCUT2D eigenvalue weighted by Crippen LogP contribution is -2.40. The summed E-state index contributed by atoms with van der Waals surface area (Å²) in [4.78, 5) is 42.1. The summed E-state index contributed by atoms with van der Waals surface area (Å²) in [5, 5.41) is 14.0. The average Bonchev–Trinajstić information content (AvgIpc) is 2.83. The molecule has 2 aromatic carbocycles. The summed E-state index contributed by atoms with van der Waals surface area (Å²) in [6.45, 7) is 5.58. The van der Waals surface area contributed by atoms with Crippen molar-refractivity contribution in [1.29, 1.82) is 0 Å². The largest absolute Gasteiger partial charge is 0.444 e. The molecule has 0 unspecified atom stereocenters. The first-order valence-corrected chi connectivity index (χ1v) is 12.2. The molecule has 3 rings (SSSR count). The van der Waals surface area contributed by atoms with E-state index in [0.29, 0.717) is 29.2 Å². The molecule has 2 N–H and O–H groups in total. The Labute approximate surface area is 220 Å². The van der Waals surface area contributed by atoms with Crippen molar-refractivity contribution >= 4 is 29.3 Å². The van der Waals surface area contributed by atoms with Crippen LogP contribution in [-0.2, 0) is 22.5 Å². The Morgan fingerprint density at radius 3 is 2.57 bits per heavy atom. The van der Waals surface area contributed by atoms with Crippen LogP contribution in [0.5, 0.6) is 0 Å². The van der Waals surface area contributed by atoms with E-state index in [1.54, 1.807) is 57.2 Å². The van der Waals surface area contributed by atoms with Crippen LogP contribution in [0.25, 0.3) is 0 Å². The van der Waals surface area contributed by atoms with Crippen molar-refractivity contribution in [2.45, 2.75) is 45.4 Å². The summed E-state index contributed by atoms with van der Waals surface area (Å²) in [5.74, 6) is -0.341. The number of benzene rings is 2. The molecule has 0 aliphatic carbocycles. The Bertz CT molecular complexity index is 1270. The van der Waals surface area contributed by atoms with Gasteiger partial charge in [-0.2, -0.15) is 0 Å². The van der Waals surface area contributed by atoms with Gasteiger partial charge in [-0.15, -0.1) is 0 Å². The lowest BCUT2D eigenvalue weighted by Gasteiger charge is -2.29. The van der Waals surface area contributed by atoms with E-state index in [-0.39, 0.29) is 24.6 Å². The molecule has 196 valence electrons. The highest BCUT2D eigenvalue weighted by molar-refractivity contribution is 6.30. The number of amides is 2. The fraction of sp³-hybridized carbons (Fsp3) is 0.333. The molecular weight excluding hydrogens is 496 g/mol. The molecule has 1 atom stereocenters. The van der Waals surface area contributed by atoms with Crippen LogP contribution < -0.4 is 10.9 Å². The molecule has 2 amide bonds. The van der Waals surface area contributed by atoms with Crippen LogP contribution in [0.2, 0.25) is 5.02 Å². The van der Waals surface area contributed by atoms with Crippen molar-refractivity contribution < 1.29 is 19.4 Å². The van der Waals surface area contributed by atoms with Gasteiger partial charge in [0.25, 0.3) is 5.56 Å². The number of rotatable bonds is 9. The number of hydrogen-bond donors (Lipinski definition) is 2. The fourth-order valence-electron chi connectivity index (χ4n) is 3.49. The molecule has 0 saturated heterocycles. The standard InChI is InChI=1S/C27H31ClN4O5/c1-27(2,3)37-26(36)32(17-23(33)20-5-4-6-21(28)15-20)13-11-19-7-9-22(10-8-19)30-24(34)18-31-14-12-29-16-25(31)35/h4-10,12,14-16,23,33H,11,13,17-18H2,1-3H3,(H,30,34)/t23-/m0/s1. The minimum absolute atomic E-state index is 0.0395. The van der Waals surface area contributed by atoms with Gasteiger partial charge in [-0.05, 0) is 62.6 Å². The summed E-state index contributed by atoms with van der Waals surface area (Å²) >= 11 is 6.05. The summed E-state index contributed by atoms with van der Waals surface area (Å²) in [7, 11) is 0. The zero-order valence-corrected chi connectivity index (χ0v) is 21.8. The third kappa shape index (κ3) is 9.04. The molecule has 0 bridgehead atoms. The molecule has 0 radical (unpaired) electrons. The van der Waals surface area contributed by atoms with Gasteiger partial charge in [0.15, 0.2) is 0 Å². The highest BCUT2D eigenvalue weighted by Crippen LogP contribution is 2.20. The van der Waals surface area contributed by atoms with Crippen molar-refractivity contribution in [2.24, 2.45) is 0 Å². The summed E-state index contributed by atoms with van der Waals surface area (Å²) in [6.07, 6.45) is 3.09. The normalized spacial score (nSPS) is 12.0. The molecule has 0 aliphatic heterocycles. The van der Waals surface area contributed by atoms with Gasteiger partial charge in [0, 0.05) is 29.6 Å². The first-order chi connectivity index (χ1) is 17.5. The number of hydrogen-bond acceptors (Lipinski definition) is 6. The number of anilines is 1. The molecule has 1 aromatic heterocycles. The number of ether oxygens (including phenoxy) is 1. The second kappa shape index (κ2) is 12.5. The highest BCUT2D eigenvalue weighted by atomic mass is 35.5. The van der Waals surface area contributed by atoms with E-state index in [1.165, 1.54) is 21.9 Å². The Hall–Kier alpha value is -3.69. The first kappa shape index (κ1) is 27.9. The molecule has 1 heterocycles. The van der Waals surface area contributed by atoms with Crippen LogP contribution in [0.3, 0.4) is 0 Å². The maximum absolute atomic E-state index is 12.9. The molecule has 0 spiro atoms. The number of aliphatic hydroxyl groups is 1. The third-order valence-corrected chi connectivity index (χ3v) is 5.54. The molecule has 10 heteroatoms. The van der Waals surface area contributed by atoms with Crippen molar-refractivity contribution in [1.82, 2.24) is 14.5 Å². The second-order valence-corrected chi connectivity index (χ2v) is 9.97. The summed E-state index contributed by atoms with van der Waals surface area (Å²) in [6, 6.07) is 14.1. The third-order valence-electron chi connectivity index (χ3n) is 5.30. The predicted octanol–water partition coefficient (Wildman–Crippen LogP) is 4.05. The number of carbonyl (C=O) groups is 2. The van der Waals surface area contributed by atoms with Gasteiger partial charge in [0.1, 0.15) is 12.1 Å². The van der Waals surface area contributed by atoms with Crippen molar-refractivity contribution in [3.8, 4) is 0 Å². The van der Waals surface area contributed by atoms with Gasteiger partial charge in [-0.25, -0.2) is 4.79 Å². The SMILES string of the molecule is CC(C)(C)OC(=O)N(CCc1ccc(NC(=O)Cn2ccncc2=O)cc1)C[C@H](O)c1cccc(Cl)c1. The molecule has 37 heavy (non-hydrogen) atoms. The molecule has 9 nitrogen and oxygen atoms in total. The first-order valence-electron chi connectivity index (χ1n) is 11.8. The maximum atomic E-state index is 12.9. The van der Waals surface area contributed by atoms with Crippen LogP contribution in [0.1, 0.15) is 38.0 Å². The zero-order valence-electron chi connectivity index (χ0n) is 21.1. The van der Waals surface area contributed by atoms with Crippen molar-refractivity contribution in [3.63, 3.8) is 0 Å². The van der Waals surface area contributed by atoms with Gasteiger partial charge in [-0.3, -0.25) is 14.6 Å². The Balaban J connectivity index is 1.62. The highest BCUT2D eigenvalue weighted by Gasteiger charge is 2.24. The Kier molecular flexibility index (Phi) is 9.43. The number of nitrogens with one attached hydrogen (secondary N) is 1. The van der Waals surface area contributed by atoms with Gasteiger partial charge in [0.05, 0.1) is 18.8 Å². The second-order valence-electron chi connectivity index (χ2n) is 9.53. The van der Waals surface area contributed by atoms with Crippen LogP contribution in [0.15, 0.2) is 71.9 Å². The van der Waals surface area contributed by atoms with Crippen LogP contribution in [-0.4, -0.2) is 50.2 Å². The van der Waals surface area contributed by atoms with Gasteiger partial charge in [-0.1, -0.05) is 35.9 Å². The van der Waals surface area contributed by atoms with E-state index in [1.807, 2.05) is 12.1 Å². The van der Waals surface area contributed by atoms with Crippen LogP contribution in [0, 0.1) is 0 Å². The van der Waals surface area contributed by atoms with E-state index in [0.717, 1.165) is 11.8 Å². The summed E-state index contributed by atoms with van der Waals surface area (Å²) < 4.78 is 6.81. The molecule has 0 saturated carbocycles. The van der Waals surface area contributed by atoms with Gasteiger partial charge >= 0.3 is 6.09 Å². The van der Waals surface area contributed by atoms with E-state index >= 15 is 0 Å². The topological polar surface area (TPSA) is 114 Å². The van der Waals surface area contributed by atoms with Crippen LogP contribution >= 0.6 is 11.6 Å². The van der Waals surface area contributed by atoms with E-state index in [2.05, 4.69) is 10.3 Å². The maximum Gasteiger partial charge on any atom is 0.410 e. The Morgan fingerprint density at radius 1 is 1.19 bits per heavy atom. The van der Waals surface area contributed by atoms with Crippen LogP contribution in [0.4, 0.5) is 10.5 Å². The molecular formula is C27H31ClN4O5. The molecule has 3 aromatic rings. The van der Waals surface area contributed by atoms with Gasteiger partial charge in [0.2, 0.25) is 5.91 Å². The minimum atomic E-state index is -0.934. The monoisotopic (exact) mass is 526 g/mol. The quantitative estimate of drug-likeness (QED) is 0.435. The number of halogens is 1. The van der Waals surface area contributed by atoms with Crippen molar-refractivity contribution in [2.75, 3.05) is 18.4 Å². The minimum Gasteiger partial charge on any atom is -0.444 e. The number of aliphatic hydroxyl groups excluding tert-OH is 1. The lowest BCUT2D eigenvalue weighted by atomic mass is 10.1. The summed E-state index contributed by atoms with van der Waals surface area (Å²) in [5.41, 5.74) is 1.07. The number of carbonyl (C=O) groups excluding carboxylic acids is 2. The van der Waals surface area contributed by atoms with Crippen molar-refractivity contribution in [3.05, 3.63) is 93.6 Å². The van der Waals surface area contributed by atoms with E-state index in [9.17, 15) is 19.5 Å². The number of nitrogens with zero attached hydrogens (tertiary/aromatic N) is 3. The average molecular weight is 527 g/mol. The fourth-order valence-corrected chi connectivity index (χ4v) is 3.69. The van der Waals surface area contributed by atoms with E-state index < -0.39 is 17.8 Å². The molecule has 0 fully saturated rings.